The monoisotopic (exact) mass is 261 g/mol. The zero-order chi connectivity index (χ0) is 14.1. The van der Waals surface area contributed by atoms with Gasteiger partial charge in [0.15, 0.2) is 18.0 Å². The van der Waals surface area contributed by atoms with Crippen molar-refractivity contribution in [1.82, 2.24) is 0 Å². The second-order valence-corrected chi connectivity index (χ2v) is 5.78. The number of esters is 1. The highest BCUT2D eigenvalue weighted by molar-refractivity contribution is 5.81. The fraction of sp³-hybridized carbons (Fsp3) is 0.467. The molecule has 0 fully saturated rings. The van der Waals surface area contributed by atoms with Crippen LogP contribution in [0.2, 0.25) is 0 Å². The smallest absolute Gasteiger partial charge is 0.336 e. The molecule has 1 aromatic carbocycles. The lowest BCUT2D eigenvalue weighted by molar-refractivity contribution is -0.160. The molecule has 4 heteroatoms. The molecule has 1 aliphatic heterocycles. The van der Waals surface area contributed by atoms with Crippen LogP contribution in [-0.2, 0) is 19.9 Å². The highest BCUT2D eigenvalue weighted by atomic mass is 16.6. The van der Waals surface area contributed by atoms with Crippen molar-refractivity contribution in [3.8, 4) is 0 Å². The Morgan fingerprint density at radius 2 is 1.95 bits per heavy atom. The molecule has 0 spiro atoms. The summed E-state index contributed by atoms with van der Waals surface area (Å²) in [6.07, 6.45) is 1.33. The Labute approximate surface area is 113 Å². The van der Waals surface area contributed by atoms with Gasteiger partial charge in [-0.1, -0.05) is 30.3 Å². The highest BCUT2D eigenvalue weighted by Gasteiger charge is 2.47. The third-order valence-corrected chi connectivity index (χ3v) is 3.01. The largest absolute Gasteiger partial charge is 0.470 e. The molecule has 0 aromatic heterocycles. The number of benzene rings is 1. The second-order valence-electron chi connectivity index (χ2n) is 5.78. The Morgan fingerprint density at radius 1 is 1.32 bits per heavy atom. The van der Waals surface area contributed by atoms with E-state index >= 15 is 0 Å². The molecule has 0 saturated carbocycles. The van der Waals surface area contributed by atoms with E-state index in [-0.39, 0.29) is 5.97 Å². The van der Waals surface area contributed by atoms with E-state index in [1.165, 1.54) is 6.40 Å². The van der Waals surface area contributed by atoms with Crippen molar-refractivity contribution < 1.29 is 14.3 Å². The number of rotatable bonds is 2. The first kappa shape index (κ1) is 13.6. The summed E-state index contributed by atoms with van der Waals surface area (Å²) < 4.78 is 11.0. The Hall–Kier alpha value is -1.84. The van der Waals surface area contributed by atoms with Crippen molar-refractivity contribution in [3.05, 3.63) is 35.9 Å². The predicted octanol–water partition coefficient (Wildman–Crippen LogP) is 2.67. The molecule has 0 radical (unpaired) electrons. The third kappa shape index (κ3) is 2.78. The summed E-state index contributed by atoms with van der Waals surface area (Å²) in [5, 5.41) is 0. The molecule has 1 heterocycles. The van der Waals surface area contributed by atoms with E-state index in [4.69, 9.17) is 9.47 Å². The van der Waals surface area contributed by atoms with Crippen molar-refractivity contribution in [1.29, 1.82) is 0 Å². The molecular formula is C15H19NO3. The topological polar surface area (TPSA) is 47.9 Å². The summed E-state index contributed by atoms with van der Waals surface area (Å²) in [5.41, 5.74) is -0.431. The minimum absolute atomic E-state index is 0.368. The van der Waals surface area contributed by atoms with Gasteiger partial charge in [0.2, 0.25) is 0 Å². The van der Waals surface area contributed by atoms with Crippen LogP contribution in [0.4, 0.5) is 0 Å². The van der Waals surface area contributed by atoms with E-state index in [0.29, 0.717) is 0 Å². The van der Waals surface area contributed by atoms with Crippen LogP contribution in [0.3, 0.4) is 0 Å². The highest BCUT2D eigenvalue weighted by Crippen LogP contribution is 2.35. The van der Waals surface area contributed by atoms with E-state index in [0.717, 1.165) is 5.56 Å². The van der Waals surface area contributed by atoms with Crippen molar-refractivity contribution in [2.75, 3.05) is 0 Å². The van der Waals surface area contributed by atoms with Crippen molar-refractivity contribution in [2.24, 2.45) is 4.99 Å². The average molecular weight is 261 g/mol. The second kappa shape index (κ2) is 4.68. The van der Waals surface area contributed by atoms with Crippen LogP contribution in [0.5, 0.6) is 0 Å². The number of carbonyl (C=O) groups is 1. The first-order valence-corrected chi connectivity index (χ1v) is 6.31. The lowest BCUT2D eigenvalue weighted by Crippen LogP contribution is -2.42. The molecule has 4 nitrogen and oxygen atoms in total. The van der Waals surface area contributed by atoms with Crippen LogP contribution < -0.4 is 0 Å². The molecule has 0 amide bonds. The van der Waals surface area contributed by atoms with Gasteiger partial charge in [-0.15, -0.1) is 0 Å². The first-order valence-electron chi connectivity index (χ1n) is 6.31. The van der Waals surface area contributed by atoms with Gasteiger partial charge in [-0.3, -0.25) is 0 Å². The van der Waals surface area contributed by atoms with E-state index in [9.17, 15) is 4.79 Å². The maximum absolute atomic E-state index is 12.2. The summed E-state index contributed by atoms with van der Waals surface area (Å²) in [6.45, 7) is 7.36. The summed E-state index contributed by atoms with van der Waals surface area (Å²) >= 11 is 0. The van der Waals surface area contributed by atoms with Crippen molar-refractivity contribution in [3.63, 3.8) is 0 Å². The van der Waals surface area contributed by atoms with E-state index in [2.05, 4.69) is 4.99 Å². The molecule has 0 aliphatic carbocycles. The Kier molecular flexibility index (Phi) is 3.35. The molecule has 0 bridgehead atoms. The van der Waals surface area contributed by atoms with Crippen LogP contribution >= 0.6 is 0 Å². The van der Waals surface area contributed by atoms with Crippen LogP contribution in [0.15, 0.2) is 35.3 Å². The molecule has 1 aromatic rings. The molecular weight excluding hydrogens is 242 g/mol. The van der Waals surface area contributed by atoms with Crippen LogP contribution in [0, 0.1) is 0 Å². The van der Waals surface area contributed by atoms with Gasteiger partial charge in [-0.2, -0.15) is 0 Å². The maximum Gasteiger partial charge on any atom is 0.336 e. The lowest BCUT2D eigenvalue weighted by Gasteiger charge is -2.30. The van der Waals surface area contributed by atoms with Crippen molar-refractivity contribution in [2.45, 2.75) is 44.9 Å². The average Bonchev–Trinajstić information content (AvgIpc) is 2.72. The SMILES string of the molecule is CC(C)(C)OC(=O)[C@@H]1N=CO[C@@]1(C)c1ccccc1. The van der Waals surface area contributed by atoms with Crippen LogP contribution in [0.25, 0.3) is 0 Å². The maximum atomic E-state index is 12.2. The van der Waals surface area contributed by atoms with E-state index in [1.54, 1.807) is 0 Å². The number of hydrogen-bond donors (Lipinski definition) is 0. The number of hydrogen-bond acceptors (Lipinski definition) is 4. The molecule has 19 heavy (non-hydrogen) atoms. The van der Waals surface area contributed by atoms with Gasteiger partial charge in [-0.25, -0.2) is 9.79 Å². The van der Waals surface area contributed by atoms with Gasteiger partial charge in [0.25, 0.3) is 0 Å². The third-order valence-electron chi connectivity index (χ3n) is 3.01. The lowest BCUT2D eigenvalue weighted by atomic mass is 9.88. The Morgan fingerprint density at radius 3 is 2.53 bits per heavy atom. The summed E-state index contributed by atoms with van der Waals surface area (Å²) in [4.78, 5) is 16.4. The van der Waals surface area contributed by atoms with Gasteiger partial charge >= 0.3 is 5.97 Å². The molecule has 1 aliphatic rings. The van der Waals surface area contributed by atoms with Gasteiger partial charge in [-0.05, 0) is 33.3 Å². The van der Waals surface area contributed by atoms with Crippen LogP contribution in [0.1, 0.15) is 33.3 Å². The Bertz CT molecular complexity index is 490. The number of ether oxygens (including phenoxy) is 2. The normalized spacial score (nSPS) is 26.0. The molecule has 0 unspecified atom stereocenters. The van der Waals surface area contributed by atoms with Gasteiger partial charge in [0.05, 0.1) is 0 Å². The molecule has 0 saturated heterocycles. The minimum atomic E-state index is -0.802. The quantitative estimate of drug-likeness (QED) is 0.769. The fourth-order valence-corrected chi connectivity index (χ4v) is 2.05. The van der Waals surface area contributed by atoms with Gasteiger partial charge in [0, 0.05) is 0 Å². The first-order chi connectivity index (χ1) is 8.83. The van der Waals surface area contributed by atoms with Gasteiger partial charge < -0.3 is 9.47 Å². The predicted molar refractivity (Wildman–Crippen MR) is 73.0 cm³/mol. The zero-order valence-electron chi connectivity index (χ0n) is 11.7. The number of nitrogens with zero attached hydrogens (tertiary/aromatic N) is 1. The molecule has 2 rings (SSSR count). The molecule has 0 N–H and O–H groups in total. The summed E-state index contributed by atoms with van der Waals surface area (Å²) in [5.74, 6) is -0.368. The Balaban J connectivity index is 2.25. The number of aliphatic imine (C=N–C) groups is 1. The zero-order valence-corrected chi connectivity index (χ0v) is 11.7. The minimum Gasteiger partial charge on any atom is -0.470 e. The molecule has 102 valence electrons. The van der Waals surface area contributed by atoms with E-state index in [1.807, 2.05) is 58.0 Å². The molecule has 2 atom stereocenters. The fourth-order valence-electron chi connectivity index (χ4n) is 2.05. The summed E-state index contributed by atoms with van der Waals surface area (Å²) in [7, 11) is 0. The number of carbonyl (C=O) groups excluding carboxylic acids is 1. The summed E-state index contributed by atoms with van der Waals surface area (Å²) in [6, 6.07) is 8.92. The van der Waals surface area contributed by atoms with Crippen LogP contribution in [-0.4, -0.2) is 24.0 Å². The standard InChI is InChI=1S/C15H19NO3/c1-14(2,3)19-13(17)12-15(4,18-10-16-12)11-8-6-5-7-9-11/h5-10,12H,1-4H3/t12-,15-/m0/s1. The van der Waals surface area contributed by atoms with Gasteiger partial charge in [0.1, 0.15) is 5.60 Å². The van der Waals surface area contributed by atoms with Crippen molar-refractivity contribution >= 4 is 12.4 Å². The van der Waals surface area contributed by atoms with E-state index < -0.39 is 17.2 Å².